The molecule has 0 aromatic heterocycles. The topological polar surface area (TPSA) is 68.3 Å². The molecule has 1 aromatic carbocycles. The van der Waals surface area contributed by atoms with E-state index in [2.05, 4.69) is 0 Å². The van der Waals surface area contributed by atoms with E-state index < -0.39 is 0 Å². The number of nitrogen functional groups attached to an aromatic ring is 1. The first-order chi connectivity index (χ1) is 7.17. The third-order valence-electron chi connectivity index (χ3n) is 1.95. The van der Waals surface area contributed by atoms with Gasteiger partial charge in [-0.25, -0.2) is 0 Å². The monoisotopic (exact) mass is 208 g/mol. The highest BCUT2D eigenvalue weighted by Crippen LogP contribution is 2.19. The minimum atomic E-state index is -0.0165. The first kappa shape index (κ1) is 11.5. The number of methoxy groups -OCH3 is 1. The molecule has 15 heavy (non-hydrogen) atoms. The summed E-state index contributed by atoms with van der Waals surface area (Å²) in [6.07, 6.45) is 1.20. The molecule has 0 amide bonds. The van der Waals surface area contributed by atoms with Crippen LogP contribution in [-0.4, -0.2) is 26.0 Å². The van der Waals surface area contributed by atoms with Gasteiger partial charge in [-0.1, -0.05) is 0 Å². The molecular weight excluding hydrogens is 192 g/mol. The second kappa shape index (κ2) is 5.36. The number of nitrogens with one attached hydrogen (secondary N) is 1. The van der Waals surface area contributed by atoms with Gasteiger partial charge >= 0.3 is 0 Å². The molecule has 0 aliphatic carbocycles. The smallest absolute Gasteiger partial charge is 0.120 e. The maximum atomic E-state index is 7.16. The summed E-state index contributed by atoms with van der Waals surface area (Å²) in [4.78, 5) is 0. The first-order valence-corrected chi connectivity index (χ1v) is 4.73. The van der Waals surface area contributed by atoms with E-state index in [1.165, 1.54) is 6.21 Å². The summed E-state index contributed by atoms with van der Waals surface area (Å²) < 4.78 is 10.5. The van der Waals surface area contributed by atoms with E-state index in [1.807, 2.05) is 6.92 Å². The Morgan fingerprint density at radius 3 is 2.87 bits per heavy atom. The largest absolute Gasteiger partial charge is 0.488 e. The fourth-order valence-electron chi connectivity index (χ4n) is 1.25. The molecule has 0 spiro atoms. The van der Waals surface area contributed by atoms with Crippen molar-refractivity contribution in [3.05, 3.63) is 23.8 Å². The van der Waals surface area contributed by atoms with E-state index in [-0.39, 0.29) is 6.10 Å². The molecule has 4 heteroatoms. The molecule has 0 saturated heterocycles. The highest BCUT2D eigenvalue weighted by atomic mass is 16.5. The van der Waals surface area contributed by atoms with Crippen molar-refractivity contribution < 1.29 is 9.47 Å². The quantitative estimate of drug-likeness (QED) is 0.571. The Hall–Kier alpha value is -1.55. The number of hydrogen-bond donors (Lipinski definition) is 2. The van der Waals surface area contributed by atoms with Gasteiger partial charge in [0.2, 0.25) is 0 Å². The zero-order valence-corrected chi connectivity index (χ0v) is 8.99. The zero-order chi connectivity index (χ0) is 11.3. The third-order valence-corrected chi connectivity index (χ3v) is 1.95. The van der Waals surface area contributed by atoms with Crippen LogP contribution in [0.2, 0.25) is 0 Å². The molecule has 1 atom stereocenters. The summed E-state index contributed by atoms with van der Waals surface area (Å²) in [7, 11) is 1.63. The average molecular weight is 208 g/mol. The van der Waals surface area contributed by atoms with Crippen molar-refractivity contribution in [1.82, 2.24) is 0 Å². The van der Waals surface area contributed by atoms with Crippen LogP contribution in [0.3, 0.4) is 0 Å². The minimum Gasteiger partial charge on any atom is -0.488 e. The van der Waals surface area contributed by atoms with Crippen LogP contribution in [0.1, 0.15) is 12.5 Å². The van der Waals surface area contributed by atoms with E-state index >= 15 is 0 Å². The standard InChI is InChI=1S/C11H16N2O2/c1-8(7-14-2)15-10-3-4-11(13)9(5-10)6-12/h3-6,8,12H,7,13H2,1-2H3/t8-/m1/s1. The van der Waals surface area contributed by atoms with Gasteiger partial charge < -0.3 is 20.6 Å². The van der Waals surface area contributed by atoms with Crippen molar-refractivity contribution in [2.75, 3.05) is 19.5 Å². The van der Waals surface area contributed by atoms with Crippen LogP contribution >= 0.6 is 0 Å². The Morgan fingerprint density at radius 1 is 1.53 bits per heavy atom. The van der Waals surface area contributed by atoms with Crippen LogP contribution in [0.5, 0.6) is 5.75 Å². The lowest BCUT2D eigenvalue weighted by molar-refractivity contribution is 0.0921. The molecule has 1 rings (SSSR count). The second-order valence-corrected chi connectivity index (χ2v) is 3.32. The molecule has 0 aliphatic rings. The number of nitrogens with two attached hydrogens (primary N) is 1. The van der Waals surface area contributed by atoms with Crippen LogP contribution < -0.4 is 10.5 Å². The Kier molecular flexibility index (Phi) is 4.12. The van der Waals surface area contributed by atoms with E-state index in [0.29, 0.717) is 23.6 Å². The number of anilines is 1. The molecule has 0 saturated carbocycles. The highest BCUT2D eigenvalue weighted by Gasteiger charge is 2.04. The van der Waals surface area contributed by atoms with Gasteiger partial charge in [-0.05, 0) is 25.1 Å². The maximum Gasteiger partial charge on any atom is 0.120 e. The van der Waals surface area contributed by atoms with Gasteiger partial charge in [0.25, 0.3) is 0 Å². The molecule has 4 nitrogen and oxygen atoms in total. The lowest BCUT2D eigenvalue weighted by Gasteiger charge is -2.14. The van der Waals surface area contributed by atoms with Gasteiger partial charge in [-0.2, -0.15) is 0 Å². The summed E-state index contributed by atoms with van der Waals surface area (Å²) >= 11 is 0. The Labute approximate surface area is 89.5 Å². The normalized spacial score (nSPS) is 12.1. The van der Waals surface area contributed by atoms with Crippen molar-refractivity contribution in [2.24, 2.45) is 0 Å². The predicted molar refractivity (Wildman–Crippen MR) is 60.7 cm³/mol. The Balaban J connectivity index is 2.73. The van der Waals surface area contributed by atoms with Crippen molar-refractivity contribution >= 4 is 11.9 Å². The molecule has 0 bridgehead atoms. The summed E-state index contributed by atoms with van der Waals surface area (Å²) in [5, 5.41) is 7.16. The molecule has 0 aliphatic heterocycles. The molecule has 1 aromatic rings. The fourth-order valence-corrected chi connectivity index (χ4v) is 1.25. The fraction of sp³-hybridized carbons (Fsp3) is 0.364. The van der Waals surface area contributed by atoms with Gasteiger partial charge in [-0.3, -0.25) is 0 Å². The van der Waals surface area contributed by atoms with E-state index in [4.69, 9.17) is 20.6 Å². The van der Waals surface area contributed by atoms with Crippen LogP contribution in [0.25, 0.3) is 0 Å². The molecule has 3 N–H and O–H groups in total. The number of benzene rings is 1. The zero-order valence-electron chi connectivity index (χ0n) is 8.99. The maximum absolute atomic E-state index is 7.16. The minimum absolute atomic E-state index is 0.0165. The first-order valence-electron chi connectivity index (χ1n) is 4.73. The van der Waals surface area contributed by atoms with Gasteiger partial charge in [0.1, 0.15) is 11.9 Å². The second-order valence-electron chi connectivity index (χ2n) is 3.32. The van der Waals surface area contributed by atoms with Crippen LogP contribution in [0.15, 0.2) is 18.2 Å². The molecule has 0 unspecified atom stereocenters. The SMILES string of the molecule is COC[C@@H](C)Oc1ccc(N)c(C=N)c1. The van der Waals surface area contributed by atoms with E-state index in [9.17, 15) is 0 Å². The summed E-state index contributed by atoms with van der Waals surface area (Å²) in [5.74, 6) is 0.701. The lowest BCUT2D eigenvalue weighted by Crippen LogP contribution is -2.18. The van der Waals surface area contributed by atoms with Gasteiger partial charge in [0.05, 0.1) is 6.61 Å². The van der Waals surface area contributed by atoms with E-state index in [0.717, 1.165) is 0 Å². The average Bonchev–Trinajstić information content (AvgIpc) is 2.21. The van der Waals surface area contributed by atoms with Crippen molar-refractivity contribution in [1.29, 1.82) is 5.41 Å². The molecule has 82 valence electrons. The van der Waals surface area contributed by atoms with E-state index in [1.54, 1.807) is 25.3 Å². The number of ether oxygens (including phenoxy) is 2. The molecule has 0 fully saturated rings. The predicted octanol–water partition coefficient (Wildman–Crippen LogP) is 1.68. The Morgan fingerprint density at radius 2 is 2.27 bits per heavy atom. The third kappa shape index (κ3) is 3.25. The van der Waals surface area contributed by atoms with Crippen LogP contribution in [0.4, 0.5) is 5.69 Å². The van der Waals surface area contributed by atoms with Crippen molar-refractivity contribution in [2.45, 2.75) is 13.0 Å². The molecule has 0 heterocycles. The lowest BCUT2D eigenvalue weighted by atomic mass is 10.2. The van der Waals surface area contributed by atoms with Gasteiger partial charge in [-0.15, -0.1) is 0 Å². The van der Waals surface area contributed by atoms with Crippen molar-refractivity contribution in [3.8, 4) is 5.75 Å². The van der Waals surface area contributed by atoms with Gasteiger partial charge in [0.15, 0.2) is 0 Å². The summed E-state index contributed by atoms with van der Waals surface area (Å²) in [5.41, 5.74) is 6.90. The number of hydrogen-bond acceptors (Lipinski definition) is 4. The van der Waals surface area contributed by atoms with Crippen LogP contribution in [0, 0.1) is 5.41 Å². The Bertz CT molecular complexity index is 339. The summed E-state index contributed by atoms with van der Waals surface area (Å²) in [6, 6.07) is 5.26. The summed E-state index contributed by atoms with van der Waals surface area (Å²) in [6.45, 7) is 2.45. The number of rotatable bonds is 5. The van der Waals surface area contributed by atoms with Crippen LogP contribution in [-0.2, 0) is 4.74 Å². The van der Waals surface area contributed by atoms with Crippen molar-refractivity contribution in [3.63, 3.8) is 0 Å². The highest BCUT2D eigenvalue weighted by molar-refractivity contribution is 5.85. The van der Waals surface area contributed by atoms with Gasteiger partial charge in [0, 0.05) is 24.6 Å². The molecule has 0 radical (unpaired) electrons. The molecular formula is C11H16N2O2.